The number of benzene rings is 2. The minimum atomic E-state index is -4.55. The molecule has 0 saturated carbocycles. The lowest BCUT2D eigenvalue weighted by molar-refractivity contribution is -0.137. The van der Waals surface area contributed by atoms with Crippen LogP contribution in [0.15, 0.2) is 66.9 Å². The van der Waals surface area contributed by atoms with Crippen LogP contribution in [0, 0.1) is 12.8 Å². The average Bonchev–Trinajstić information content (AvgIpc) is 2.77. The van der Waals surface area contributed by atoms with Crippen LogP contribution in [0.4, 0.5) is 24.5 Å². The number of carbonyl (C=O) groups excluding carboxylic acids is 2. The zero-order valence-electron chi connectivity index (χ0n) is 18.9. The molecule has 2 amide bonds. The van der Waals surface area contributed by atoms with E-state index in [2.05, 4.69) is 15.6 Å². The molecule has 0 bridgehead atoms. The summed E-state index contributed by atoms with van der Waals surface area (Å²) in [5.41, 5.74) is 1.58. The number of amides is 2. The summed E-state index contributed by atoms with van der Waals surface area (Å²) in [7, 11) is 0. The maximum Gasteiger partial charge on any atom is 0.416 e. The summed E-state index contributed by atoms with van der Waals surface area (Å²) in [6.07, 6.45) is 0.857. The molecule has 1 aromatic heterocycles. The second kappa shape index (κ2) is 10.3. The molecular weight excluding hydrogens is 443 g/mol. The third-order valence-corrected chi connectivity index (χ3v) is 4.91. The van der Waals surface area contributed by atoms with Crippen LogP contribution in [-0.2, 0) is 6.18 Å². The Morgan fingerprint density at radius 2 is 1.59 bits per heavy atom. The Labute approximate surface area is 195 Å². The molecule has 2 aromatic carbocycles. The molecule has 0 aliphatic carbocycles. The number of aryl methyl sites for hydroxylation is 1. The highest BCUT2D eigenvalue weighted by Gasteiger charge is 2.30. The summed E-state index contributed by atoms with van der Waals surface area (Å²) in [5.74, 6) is -0.747. The van der Waals surface area contributed by atoms with Crippen LogP contribution < -0.4 is 10.6 Å². The predicted octanol–water partition coefficient (Wildman–Crippen LogP) is 6.58. The Hall–Kier alpha value is -3.94. The lowest BCUT2D eigenvalue weighted by atomic mass is 10.0. The number of nitrogens with zero attached hydrogens (tertiary/aromatic N) is 1. The van der Waals surface area contributed by atoms with E-state index in [1.54, 1.807) is 30.5 Å². The molecule has 1 heterocycles. The van der Waals surface area contributed by atoms with E-state index in [0.717, 1.165) is 12.1 Å². The maximum atomic E-state index is 13.0. The van der Waals surface area contributed by atoms with Crippen molar-refractivity contribution in [3.8, 4) is 0 Å². The first kappa shape index (κ1) is 24.7. The zero-order chi connectivity index (χ0) is 24.9. The highest BCUT2D eigenvalue weighted by molar-refractivity contribution is 6.08. The number of halogens is 3. The molecule has 3 rings (SSSR count). The molecule has 0 spiro atoms. The van der Waals surface area contributed by atoms with Crippen molar-refractivity contribution in [2.24, 2.45) is 5.92 Å². The van der Waals surface area contributed by atoms with E-state index in [9.17, 15) is 22.8 Å². The van der Waals surface area contributed by atoms with Gasteiger partial charge in [0.15, 0.2) is 0 Å². The minimum Gasteiger partial charge on any atom is -0.322 e. The second-order valence-corrected chi connectivity index (χ2v) is 8.03. The molecule has 176 valence electrons. The summed E-state index contributed by atoms with van der Waals surface area (Å²) in [4.78, 5) is 29.7. The van der Waals surface area contributed by atoms with Crippen molar-refractivity contribution >= 4 is 29.3 Å². The van der Waals surface area contributed by atoms with Gasteiger partial charge in [0.2, 0.25) is 0 Å². The monoisotopic (exact) mass is 467 g/mol. The standard InChI is InChI=1S/C26H24F3N3O2/c1-16(2)10-11-22-17(3)30-13-12-23(22)25(34)32-21-9-5-8-20(15-21)31-24(33)18-6-4-7-19(14-18)26(27,28)29/h4-16H,1-3H3,(H,31,33)(H,32,34)/b11-10-. The Morgan fingerprint density at radius 1 is 0.941 bits per heavy atom. The lowest BCUT2D eigenvalue weighted by Crippen LogP contribution is -2.16. The molecule has 5 nitrogen and oxygen atoms in total. The van der Waals surface area contributed by atoms with Gasteiger partial charge in [-0.05, 0) is 55.3 Å². The van der Waals surface area contributed by atoms with E-state index in [0.29, 0.717) is 34.1 Å². The van der Waals surface area contributed by atoms with Crippen molar-refractivity contribution in [3.63, 3.8) is 0 Å². The molecule has 8 heteroatoms. The van der Waals surface area contributed by atoms with E-state index >= 15 is 0 Å². The molecule has 0 atom stereocenters. The Morgan fingerprint density at radius 3 is 2.24 bits per heavy atom. The van der Waals surface area contributed by atoms with Crippen molar-refractivity contribution in [3.05, 3.63) is 94.8 Å². The van der Waals surface area contributed by atoms with Gasteiger partial charge in [0.1, 0.15) is 0 Å². The molecule has 0 saturated heterocycles. The molecule has 0 radical (unpaired) electrons. The van der Waals surface area contributed by atoms with Crippen molar-refractivity contribution in [2.75, 3.05) is 10.6 Å². The number of hydrogen-bond donors (Lipinski definition) is 2. The smallest absolute Gasteiger partial charge is 0.322 e. The van der Waals surface area contributed by atoms with Crippen LogP contribution in [0.2, 0.25) is 0 Å². The number of anilines is 2. The van der Waals surface area contributed by atoms with Crippen molar-refractivity contribution in [1.29, 1.82) is 0 Å². The lowest BCUT2D eigenvalue weighted by Gasteiger charge is -2.12. The van der Waals surface area contributed by atoms with Gasteiger partial charge < -0.3 is 10.6 Å². The first-order chi connectivity index (χ1) is 16.0. The Kier molecular flexibility index (Phi) is 7.50. The van der Waals surface area contributed by atoms with Crippen molar-refractivity contribution < 1.29 is 22.8 Å². The fraction of sp³-hybridized carbons (Fsp3) is 0.192. The summed E-state index contributed by atoms with van der Waals surface area (Å²) < 4.78 is 38.8. The third kappa shape index (κ3) is 6.31. The van der Waals surface area contributed by atoms with Crippen LogP contribution in [-0.4, -0.2) is 16.8 Å². The number of pyridine rings is 1. The number of nitrogens with one attached hydrogen (secondary N) is 2. The van der Waals surface area contributed by atoms with Crippen molar-refractivity contribution in [2.45, 2.75) is 26.9 Å². The van der Waals surface area contributed by atoms with E-state index < -0.39 is 17.6 Å². The van der Waals surface area contributed by atoms with Crippen LogP contribution in [0.1, 0.15) is 51.4 Å². The highest BCUT2D eigenvalue weighted by Crippen LogP contribution is 2.29. The molecule has 2 N–H and O–H groups in total. The van der Waals surface area contributed by atoms with Crippen LogP contribution in [0.5, 0.6) is 0 Å². The summed E-state index contributed by atoms with van der Waals surface area (Å²) in [6, 6.07) is 12.2. The van der Waals surface area contributed by atoms with Gasteiger partial charge in [0.05, 0.1) is 11.1 Å². The molecule has 0 fully saturated rings. The zero-order valence-corrected chi connectivity index (χ0v) is 18.9. The van der Waals surface area contributed by atoms with Crippen LogP contribution in [0.3, 0.4) is 0 Å². The fourth-order valence-electron chi connectivity index (χ4n) is 3.19. The van der Waals surface area contributed by atoms with E-state index in [-0.39, 0.29) is 11.5 Å². The van der Waals surface area contributed by atoms with Gasteiger partial charge in [-0.1, -0.05) is 38.1 Å². The number of aromatic nitrogens is 1. The van der Waals surface area contributed by atoms with Gasteiger partial charge in [-0.25, -0.2) is 0 Å². The van der Waals surface area contributed by atoms with Gasteiger partial charge >= 0.3 is 6.18 Å². The molecule has 3 aromatic rings. The van der Waals surface area contributed by atoms with Crippen molar-refractivity contribution in [1.82, 2.24) is 4.98 Å². The van der Waals surface area contributed by atoms with E-state index in [4.69, 9.17) is 0 Å². The fourth-order valence-corrected chi connectivity index (χ4v) is 3.19. The maximum absolute atomic E-state index is 13.0. The topological polar surface area (TPSA) is 71.1 Å². The van der Waals surface area contributed by atoms with Gasteiger partial charge in [-0.15, -0.1) is 0 Å². The van der Waals surface area contributed by atoms with Gasteiger partial charge in [-0.3, -0.25) is 14.6 Å². The van der Waals surface area contributed by atoms with Crippen LogP contribution in [0.25, 0.3) is 6.08 Å². The number of carbonyl (C=O) groups is 2. The number of alkyl halides is 3. The summed E-state index contributed by atoms with van der Waals surface area (Å²) >= 11 is 0. The van der Waals surface area contributed by atoms with E-state index in [1.807, 2.05) is 32.9 Å². The Bertz CT molecular complexity index is 1230. The number of hydrogen-bond acceptors (Lipinski definition) is 3. The molecule has 34 heavy (non-hydrogen) atoms. The Balaban J connectivity index is 1.78. The van der Waals surface area contributed by atoms with Gasteiger partial charge in [0, 0.05) is 34.4 Å². The van der Waals surface area contributed by atoms with Crippen LogP contribution >= 0.6 is 0 Å². The number of allylic oxidation sites excluding steroid dienone is 1. The van der Waals surface area contributed by atoms with E-state index in [1.165, 1.54) is 18.2 Å². The quantitative estimate of drug-likeness (QED) is 0.430. The molecule has 0 aliphatic rings. The first-order valence-electron chi connectivity index (χ1n) is 10.6. The molecule has 0 aliphatic heterocycles. The molecular formula is C26H24F3N3O2. The second-order valence-electron chi connectivity index (χ2n) is 8.03. The SMILES string of the molecule is Cc1nccc(C(=O)Nc2cccc(NC(=O)c3cccc(C(F)(F)F)c3)c2)c1/C=C\C(C)C. The predicted molar refractivity (Wildman–Crippen MR) is 127 cm³/mol. The average molecular weight is 467 g/mol. The summed E-state index contributed by atoms with van der Waals surface area (Å²) in [5, 5.41) is 5.36. The largest absolute Gasteiger partial charge is 0.416 e. The minimum absolute atomic E-state index is 0.127. The highest BCUT2D eigenvalue weighted by atomic mass is 19.4. The number of rotatable bonds is 6. The first-order valence-corrected chi connectivity index (χ1v) is 10.6. The normalized spacial score (nSPS) is 11.6. The summed E-state index contributed by atoms with van der Waals surface area (Å²) in [6.45, 7) is 5.88. The third-order valence-electron chi connectivity index (χ3n) is 4.91. The van der Waals surface area contributed by atoms with Gasteiger partial charge in [0.25, 0.3) is 11.8 Å². The van der Waals surface area contributed by atoms with Gasteiger partial charge in [-0.2, -0.15) is 13.2 Å². The molecule has 0 unspecified atom stereocenters.